The first kappa shape index (κ1) is 29.1. The number of carboxylic acid groups (broad SMARTS) is 2. The number of rotatable bonds is 4. The minimum absolute atomic E-state index is 0.232. The Labute approximate surface area is 191 Å². The highest BCUT2D eigenvalue weighted by Crippen LogP contribution is 2.33. The zero-order valence-electron chi connectivity index (χ0n) is 18.3. The predicted molar refractivity (Wildman–Crippen MR) is 105 cm³/mol. The molecule has 1 amide bonds. The van der Waals surface area contributed by atoms with Crippen molar-refractivity contribution in [3.8, 4) is 0 Å². The molecule has 2 N–H and O–H groups in total. The van der Waals surface area contributed by atoms with E-state index < -0.39 is 24.3 Å². The number of hydrogen-bond donors (Lipinski definition) is 2. The third kappa shape index (κ3) is 9.53. The third-order valence-electron chi connectivity index (χ3n) is 4.83. The number of aromatic nitrogens is 1. The lowest BCUT2D eigenvalue weighted by Crippen LogP contribution is -2.33. The number of likely N-dealkylation sites (tertiary alicyclic amines) is 2. The average molecular weight is 501 g/mol. The highest BCUT2D eigenvalue weighted by molar-refractivity contribution is 5.82. The van der Waals surface area contributed by atoms with Crippen molar-refractivity contribution in [2.45, 2.75) is 32.7 Å². The van der Waals surface area contributed by atoms with Gasteiger partial charge in [0, 0.05) is 51.0 Å². The monoisotopic (exact) mass is 501 g/mol. The zero-order chi connectivity index (χ0) is 26.3. The molecule has 34 heavy (non-hydrogen) atoms. The highest BCUT2D eigenvalue weighted by atomic mass is 19.4. The van der Waals surface area contributed by atoms with Gasteiger partial charge in [0.25, 0.3) is 0 Å². The maximum Gasteiger partial charge on any atom is 0.490 e. The summed E-state index contributed by atoms with van der Waals surface area (Å²) in [6, 6.07) is 3.99. The molecule has 0 unspecified atom stereocenters. The lowest BCUT2D eigenvalue weighted by molar-refractivity contribution is -0.193. The summed E-state index contributed by atoms with van der Waals surface area (Å²) < 4.78 is 63.5. The fourth-order valence-corrected chi connectivity index (χ4v) is 3.55. The number of hydrogen-bond acceptors (Lipinski definition) is 5. The van der Waals surface area contributed by atoms with Crippen molar-refractivity contribution in [2.24, 2.45) is 17.8 Å². The normalized spacial score (nSPS) is 20.3. The Hall–Kier alpha value is -2.90. The molecular weight excluding hydrogens is 476 g/mol. The van der Waals surface area contributed by atoms with Crippen LogP contribution in [0, 0.1) is 17.8 Å². The van der Waals surface area contributed by atoms with Crippen LogP contribution in [0.25, 0.3) is 0 Å². The van der Waals surface area contributed by atoms with Crippen molar-refractivity contribution >= 4 is 17.8 Å². The first-order valence-electron chi connectivity index (χ1n) is 10.0. The average Bonchev–Trinajstić information content (AvgIpc) is 3.20. The van der Waals surface area contributed by atoms with Crippen LogP contribution < -0.4 is 0 Å². The number of carbonyl (C=O) groups is 3. The molecule has 0 bridgehead atoms. The number of alkyl halides is 6. The molecule has 192 valence electrons. The van der Waals surface area contributed by atoms with Crippen LogP contribution in [-0.2, 0) is 20.9 Å². The van der Waals surface area contributed by atoms with Crippen LogP contribution >= 0.6 is 0 Å². The van der Waals surface area contributed by atoms with E-state index in [1.165, 1.54) is 5.56 Å². The second-order valence-corrected chi connectivity index (χ2v) is 8.16. The summed E-state index contributed by atoms with van der Waals surface area (Å²) in [5, 5.41) is 14.2. The SMILES string of the molecule is CC(C)CN1C[C@H]2CN(Cc3ccncc3)C(=O)[C@H]2C1.O=C(O)C(F)(F)F.O=C(O)C(F)(F)F. The molecule has 8 nitrogen and oxygen atoms in total. The number of aliphatic carboxylic acids is 2. The van der Waals surface area contributed by atoms with Crippen LogP contribution in [0.15, 0.2) is 24.5 Å². The van der Waals surface area contributed by atoms with Crippen molar-refractivity contribution < 1.29 is 50.9 Å². The quantitative estimate of drug-likeness (QED) is 0.611. The van der Waals surface area contributed by atoms with Gasteiger partial charge in [-0.2, -0.15) is 26.3 Å². The van der Waals surface area contributed by atoms with Crippen LogP contribution in [0.2, 0.25) is 0 Å². The van der Waals surface area contributed by atoms with Gasteiger partial charge in [0.1, 0.15) is 0 Å². The predicted octanol–water partition coefficient (Wildman–Crippen LogP) is 2.89. The smallest absolute Gasteiger partial charge is 0.475 e. The number of fused-ring (bicyclic) bond motifs is 1. The van der Waals surface area contributed by atoms with Crippen molar-refractivity contribution in [3.63, 3.8) is 0 Å². The molecule has 1 aromatic rings. The summed E-state index contributed by atoms with van der Waals surface area (Å²) in [6.45, 7) is 9.29. The van der Waals surface area contributed by atoms with Gasteiger partial charge in [-0.1, -0.05) is 13.8 Å². The van der Waals surface area contributed by atoms with Crippen LogP contribution in [0.3, 0.4) is 0 Å². The Morgan fingerprint density at radius 1 is 1.00 bits per heavy atom. The first-order chi connectivity index (χ1) is 15.5. The Kier molecular flexibility index (Phi) is 10.3. The van der Waals surface area contributed by atoms with Gasteiger partial charge < -0.3 is 20.0 Å². The molecule has 2 aliphatic heterocycles. The number of amides is 1. The Morgan fingerprint density at radius 2 is 1.47 bits per heavy atom. The Morgan fingerprint density at radius 3 is 1.85 bits per heavy atom. The van der Waals surface area contributed by atoms with Gasteiger partial charge >= 0.3 is 24.3 Å². The number of carboxylic acids is 2. The van der Waals surface area contributed by atoms with E-state index in [0.717, 1.165) is 32.7 Å². The topological polar surface area (TPSA) is 111 Å². The standard InChI is InChI=1S/C16H23N3O.2C2HF3O2/c1-12(2)7-18-9-14-10-19(16(20)15(14)11-18)8-13-3-5-17-6-4-13;2*3-2(4,5)1(6)7/h3-6,12,14-15H,7-11H2,1-2H3;2*(H,6,7)/t14-,15-;;/m0../s1. The molecule has 0 saturated carbocycles. The maximum atomic E-state index is 12.5. The molecule has 0 aliphatic carbocycles. The second-order valence-electron chi connectivity index (χ2n) is 8.16. The number of halogens is 6. The summed E-state index contributed by atoms with van der Waals surface area (Å²) in [7, 11) is 0. The first-order valence-corrected chi connectivity index (χ1v) is 10.0. The fraction of sp³-hybridized carbons (Fsp3) is 0.600. The number of pyridine rings is 1. The summed E-state index contributed by atoms with van der Waals surface area (Å²) >= 11 is 0. The molecular formula is C20H25F6N3O5. The minimum atomic E-state index is -5.08. The van der Waals surface area contributed by atoms with Crippen LogP contribution in [0.5, 0.6) is 0 Å². The van der Waals surface area contributed by atoms with Gasteiger partial charge in [-0.25, -0.2) is 9.59 Å². The van der Waals surface area contributed by atoms with Crippen molar-refractivity contribution in [1.29, 1.82) is 0 Å². The molecule has 3 heterocycles. The number of nitrogens with zero attached hydrogens (tertiary/aromatic N) is 3. The van der Waals surface area contributed by atoms with Crippen LogP contribution in [0.1, 0.15) is 19.4 Å². The Bertz CT molecular complexity index is 808. The van der Waals surface area contributed by atoms with Gasteiger partial charge in [0.05, 0.1) is 5.92 Å². The number of carbonyl (C=O) groups excluding carboxylic acids is 1. The third-order valence-corrected chi connectivity index (χ3v) is 4.83. The molecule has 2 fully saturated rings. The van der Waals surface area contributed by atoms with E-state index in [4.69, 9.17) is 19.8 Å². The van der Waals surface area contributed by atoms with Crippen molar-refractivity contribution in [2.75, 3.05) is 26.2 Å². The molecule has 2 saturated heterocycles. The van der Waals surface area contributed by atoms with Gasteiger partial charge in [0.15, 0.2) is 0 Å². The van der Waals surface area contributed by atoms with E-state index in [1.807, 2.05) is 17.0 Å². The van der Waals surface area contributed by atoms with Gasteiger partial charge in [0.2, 0.25) is 5.91 Å². The summed E-state index contributed by atoms with van der Waals surface area (Å²) in [4.78, 5) is 38.8. The van der Waals surface area contributed by atoms with Gasteiger partial charge in [-0.3, -0.25) is 9.78 Å². The highest BCUT2D eigenvalue weighted by Gasteiger charge is 2.45. The van der Waals surface area contributed by atoms with Gasteiger partial charge in [-0.05, 0) is 23.6 Å². The molecule has 0 radical (unpaired) electrons. The van der Waals surface area contributed by atoms with Crippen molar-refractivity contribution in [3.05, 3.63) is 30.1 Å². The minimum Gasteiger partial charge on any atom is -0.475 e. The second kappa shape index (κ2) is 12.0. The van der Waals surface area contributed by atoms with Gasteiger partial charge in [-0.15, -0.1) is 0 Å². The summed E-state index contributed by atoms with van der Waals surface area (Å²) in [6.07, 6.45) is -6.58. The molecule has 2 atom stereocenters. The zero-order valence-corrected chi connectivity index (χ0v) is 18.3. The van der Waals surface area contributed by atoms with E-state index in [-0.39, 0.29) is 5.92 Å². The molecule has 1 aromatic heterocycles. The molecule has 2 aliphatic rings. The largest absolute Gasteiger partial charge is 0.490 e. The lowest BCUT2D eigenvalue weighted by atomic mass is 10.0. The Balaban J connectivity index is 0.000000343. The summed E-state index contributed by atoms with van der Waals surface area (Å²) in [5.74, 6) is -3.73. The van der Waals surface area contributed by atoms with Crippen LogP contribution in [-0.4, -0.2) is 81.4 Å². The molecule has 0 spiro atoms. The van der Waals surface area contributed by atoms with E-state index >= 15 is 0 Å². The van der Waals surface area contributed by atoms with E-state index in [0.29, 0.717) is 17.7 Å². The fourth-order valence-electron chi connectivity index (χ4n) is 3.55. The molecule has 3 rings (SSSR count). The summed E-state index contributed by atoms with van der Waals surface area (Å²) in [5.41, 5.74) is 1.17. The van der Waals surface area contributed by atoms with E-state index in [1.54, 1.807) is 12.4 Å². The lowest BCUT2D eigenvalue weighted by Gasteiger charge is -2.22. The molecule has 0 aromatic carbocycles. The van der Waals surface area contributed by atoms with E-state index in [2.05, 4.69) is 23.7 Å². The maximum absolute atomic E-state index is 12.5. The molecule has 14 heteroatoms. The van der Waals surface area contributed by atoms with E-state index in [9.17, 15) is 31.1 Å². The van der Waals surface area contributed by atoms with Crippen LogP contribution in [0.4, 0.5) is 26.3 Å². The van der Waals surface area contributed by atoms with Crippen molar-refractivity contribution in [1.82, 2.24) is 14.8 Å².